The van der Waals surface area contributed by atoms with Gasteiger partial charge in [-0.3, -0.25) is 4.90 Å². The van der Waals surface area contributed by atoms with E-state index in [-0.39, 0.29) is 5.88 Å². The second-order valence-electron chi connectivity index (χ2n) is 10.1. The molecule has 4 aliphatic rings. The van der Waals surface area contributed by atoms with Gasteiger partial charge < -0.3 is 18.9 Å². The number of fused-ring (bicyclic) bond motifs is 2. The molecular weight excluding hydrogens is 446 g/mol. The van der Waals surface area contributed by atoms with Crippen LogP contribution in [0, 0.1) is 5.82 Å². The largest absolute Gasteiger partial charge is 0.497 e. The van der Waals surface area contributed by atoms with E-state index < -0.39 is 24.1 Å². The third-order valence-electron chi connectivity index (χ3n) is 7.47. The Bertz CT molecular complexity index is 1040. The van der Waals surface area contributed by atoms with E-state index in [4.69, 9.17) is 25.6 Å². The second kappa shape index (κ2) is 8.08. The van der Waals surface area contributed by atoms with Crippen molar-refractivity contribution in [2.45, 2.75) is 63.9 Å². The van der Waals surface area contributed by atoms with Crippen LogP contribution in [0.1, 0.15) is 39.7 Å². The SMILES string of the molecule is COc1ncc(CN2C3CC2CN(c2cc(Cl)c(B4OC(C)(C)C(C)(C)O4)cn2)C3)cc1F. The van der Waals surface area contributed by atoms with E-state index in [1.165, 1.54) is 13.2 Å². The molecule has 0 aliphatic carbocycles. The molecule has 2 unspecified atom stereocenters. The summed E-state index contributed by atoms with van der Waals surface area (Å²) in [6.45, 7) is 10.4. The van der Waals surface area contributed by atoms with Crippen LogP contribution in [-0.2, 0) is 15.9 Å². The van der Waals surface area contributed by atoms with Crippen LogP contribution in [0.25, 0.3) is 0 Å². The van der Waals surface area contributed by atoms with Crippen molar-refractivity contribution in [1.82, 2.24) is 14.9 Å². The number of anilines is 1. The molecular formula is C23H29BClFN4O3. The number of piperazine rings is 1. The number of ether oxygens (including phenoxy) is 1. The Balaban J connectivity index is 1.25. The number of hydrogen-bond donors (Lipinski definition) is 0. The van der Waals surface area contributed by atoms with Crippen LogP contribution >= 0.6 is 11.6 Å². The monoisotopic (exact) mass is 474 g/mol. The summed E-state index contributed by atoms with van der Waals surface area (Å²) in [6, 6.07) is 4.18. The standard InChI is InChI=1S/C23H29BClFN4O3/c1-22(2)23(3,4)33-24(32-22)17-10-27-20(8-18(17)25)29-12-15-7-16(13-29)30(15)11-14-6-19(26)21(31-5)28-9-14/h6,8-10,15-16H,7,11-13H2,1-5H3. The van der Waals surface area contributed by atoms with E-state index in [0.29, 0.717) is 23.7 Å². The number of methoxy groups -OCH3 is 1. The maximum absolute atomic E-state index is 14.0. The van der Waals surface area contributed by atoms with Gasteiger partial charge in [-0.15, -0.1) is 0 Å². The van der Waals surface area contributed by atoms with Crippen LogP contribution in [0.15, 0.2) is 24.5 Å². The van der Waals surface area contributed by atoms with Gasteiger partial charge in [-0.05, 0) is 51.8 Å². The van der Waals surface area contributed by atoms with Crippen molar-refractivity contribution >= 4 is 30.0 Å². The van der Waals surface area contributed by atoms with Gasteiger partial charge in [0.15, 0.2) is 5.82 Å². The van der Waals surface area contributed by atoms with E-state index in [2.05, 4.69) is 19.8 Å². The number of hydrogen-bond acceptors (Lipinski definition) is 7. The molecule has 2 aromatic rings. The zero-order chi connectivity index (χ0) is 23.5. The predicted octanol–water partition coefficient (Wildman–Crippen LogP) is 3.04. The number of pyridine rings is 2. The average Bonchev–Trinajstić information content (AvgIpc) is 2.98. The zero-order valence-electron chi connectivity index (χ0n) is 19.6. The topological polar surface area (TPSA) is 60.0 Å². The maximum Gasteiger partial charge on any atom is 0.497 e. The van der Waals surface area contributed by atoms with Crippen molar-refractivity contribution in [3.05, 3.63) is 40.9 Å². The van der Waals surface area contributed by atoms with Gasteiger partial charge >= 0.3 is 7.12 Å². The normalized spacial score (nSPS) is 25.8. The molecule has 0 aromatic carbocycles. The number of rotatable bonds is 5. The molecule has 0 N–H and O–H groups in total. The molecule has 0 saturated carbocycles. The molecule has 0 radical (unpaired) electrons. The van der Waals surface area contributed by atoms with Crippen molar-refractivity contribution < 1.29 is 18.4 Å². The highest BCUT2D eigenvalue weighted by molar-refractivity contribution is 6.65. The quantitative estimate of drug-likeness (QED) is 0.617. The van der Waals surface area contributed by atoms with Crippen LogP contribution in [-0.4, -0.2) is 65.5 Å². The van der Waals surface area contributed by atoms with Crippen LogP contribution in [0.3, 0.4) is 0 Å². The Morgan fingerprint density at radius 3 is 2.36 bits per heavy atom. The van der Waals surface area contributed by atoms with Crippen molar-refractivity contribution in [2.24, 2.45) is 0 Å². The summed E-state index contributed by atoms with van der Waals surface area (Å²) in [5, 5.41) is 0.592. The van der Waals surface area contributed by atoms with Crippen molar-refractivity contribution in [1.29, 1.82) is 0 Å². The first-order valence-corrected chi connectivity index (χ1v) is 11.7. The highest BCUT2D eigenvalue weighted by atomic mass is 35.5. The molecule has 10 heteroatoms. The minimum Gasteiger partial charge on any atom is -0.479 e. The number of aromatic nitrogens is 2. The molecule has 0 spiro atoms. The molecule has 33 heavy (non-hydrogen) atoms. The molecule has 6 rings (SSSR count). The number of halogens is 2. The predicted molar refractivity (Wildman–Crippen MR) is 126 cm³/mol. The van der Waals surface area contributed by atoms with E-state index in [1.807, 2.05) is 33.8 Å². The van der Waals surface area contributed by atoms with Gasteiger partial charge in [-0.1, -0.05) is 11.6 Å². The lowest BCUT2D eigenvalue weighted by atomic mass is 9.80. The van der Waals surface area contributed by atoms with Crippen molar-refractivity contribution in [3.63, 3.8) is 0 Å². The summed E-state index contributed by atoms with van der Waals surface area (Å²) in [5.74, 6) is 0.454. The van der Waals surface area contributed by atoms with Crippen LogP contribution in [0.2, 0.25) is 5.02 Å². The van der Waals surface area contributed by atoms with E-state index in [9.17, 15) is 4.39 Å². The van der Waals surface area contributed by atoms with Gasteiger partial charge in [0.05, 0.1) is 18.3 Å². The van der Waals surface area contributed by atoms with Gasteiger partial charge in [0.1, 0.15) is 5.82 Å². The summed E-state index contributed by atoms with van der Waals surface area (Å²) >= 11 is 6.65. The lowest BCUT2D eigenvalue weighted by Crippen LogP contribution is -2.68. The third kappa shape index (κ3) is 3.99. The van der Waals surface area contributed by atoms with Crippen LogP contribution in [0.4, 0.5) is 10.2 Å². The van der Waals surface area contributed by atoms with Gasteiger partial charge in [-0.2, -0.15) is 0 Å². The molecule has 2 bridgehead atoms. The minimum absolute atomic E-state index is 0.0284. The summed E-state index contributed by atoms with van der Waals surface area (Å²) in [5.41, 5.74) is 0.736. The fourth-order valence-corrected chi connectivity index (χ4v) is 5.03. The molecule has 7 nitrogen and oxygen atoms in total. The maximum atomic E-state index is 14.0. The Morgan fingerprint density at radius 2 is 1.79 bits per heavy atom. The molecule has 2 aromatic heterocycles. The van der Waals surface area contributed by atoms with E-state index in [0.717, 1.165) is 36.4 Å². The van der Waals surface area contributed by atoms with Gasteiger partial charge in [-0.25, -0.2) is 14.4 Å². The first kappa shape index (κ1) is 22.8. The van der Waals surface area contributed by atoms with Gasteiger partial charge in [0.2, 0.25) is 5.88 Å². The summed E-state index contributed by atoms with van der Waals surface area (Å²) in [6.07, 6.45) is 4.58. The molecule has 6 heterocycles. The van der Waals surface area contributed by atoms with Gasteiger partial charge in [0.25, 0.3) is 0 Å². The Hall–Kier alpha value is -1.94. The lowest BCUT2D eigenvalue weighted by molar-refractivity contribution is -0.00884. The van der Waals surface area contributed by atoms with Crippen molar-refractivity contribution in [3.8, 4) is 5.88 Å². The highest BCUT2D eigenvalue weighted by Crippen LogP contribution is 2.38. The Kier molecular flexibility index (Phi) is 5.59. The smallest absolute Gasteiger partial charge is 0.479 e. The Labute approximate surface area is 199 Å². The highest BCUT2D eigenvalue weighted by Gasteiger charge is 2.52. The minimum atomic E-state index is -0.534. The van der Waals surface area contributed by atoms with E-state index in [1.54, 1.807) is 12.4 Å². The second-order valence-corrected chi connectivity index (χ2v) is 10.5. The summed E-state index contributed by atoms with van der Waals surface area (Å²) < 4.78 is 31.2. The molecule has 4 fully saturated rings. The molecule has 0 amide bonds. The van der Waals surface area contributed by atoms with Crippen molar-refractivity contribution in [2.75, 3.05) is 25.1 Å². The first-order valence-electron chi connectivity index (χ1n) is 11.3. The third-order valence-corrected chi connectivity index (χ3v) is 7.79. The molecule has 4 aliphatic heterocycles. The summed E-state index contributed by atoms with van der Waals surface area (Å²) in [7, 11) is 0.884. The lowest BCUT2D eigenvalue weighted by Gasteiger charge is -2.56. The molecule has 2 atom stereocenters. The Morgan fingerprint density at radius 1 is 1.12 bits per heavy atom. The van der Waals surface area contributed by atoms with Crippen LogP contribution < -0.4 is 15.1 Å². The molecule has 4 saturated heterocycles. The number of piperidine rings is 1. The van der Waals surface area contributed by atoms with E-state index >= 15 is 0 Å². The summed E-state index contributed by atoms with van der Waals surface area (Å²) in [4.78, 5) is 13.4. The fourth-order valence-electron chi connectivity index (χ4n) is 4.79. The zero-order valence-corrected chi connectivity index (χ0v) is 20.4. The molecule has 176 valence electrons. The van der Waals surface area contributed by atoms with Crippen LogP contribution in [0.5, 0.6) is 5.88 Å². The fraction of sp³-hybridized carbons (Fsp3) is 0.565. The first-order chi connectivity index (χ1) is 15.6. The average molecular weight is 475 g/mol. The number of nitrogens with zero attached hydrogens (tertiary/aromatic N) is 4. The van der Waals surface area contributed by atoms with Gasteiger partial charge in [0, 0.05) is 54.6 Å².